The molecule has 6 rings (SSSR count). The largest absolute Gasteiger partial charge is 0.438 e. The third kappa shape index (κ3) is 6.53. The molecule has 1 saturated heterocycles. The summed E-state index contributed by atoms with van der Waals surface area (Å²) in [4.78, 5) is 30.8. The van der Waals surface area contributed by atoms with Gasteiger partial charge in [0.2, 0.25) is 5.88 Å². The first-order valence-corrected chi connectivity index (χ1v) is 13.9. The predicted octanol–water partition coefficient (Wildman–Crippen LogP) is 5.24. The zero-order valence-corrected chi connectivity index (χ0v) is 24.0. The van der Waals surface area contributed by atoms with Gasteiger partial charge < -0.3 is 15.0 Å². The molecule has 3 aromatic heterocycles. The van der Waals surface area contributed by atoms with Crippen LogP contribution in [-0.2, 0) is 19.8 Å². The van der Waals surface area contributed by atoms with Crippen LogP contribution in [-0.4, -0.2) is 73.7 Å². The number of likely N-dealkylation sites (N-methyl/N-ethyl adjacent to an activating group) is 1. The third-order valence-corrected chi connectivity index (χ3v) is 7.37. The Kier molecular flexibility index (Phi) is 7.97. The fraction of sp³-hybridized carbons (Fsp3) is 0.258. The van der Waals surface area contributed by atoms with Crippen LogP contribution in [0.3, 0.4) is 0 Å². The second-order valence-corrected chi connectivity index (χ2v) is 10.7. The lowest BCUT2D eigenvalue weighted by Gasteiger charge is -2.32. The summed E-state index contributed by atoms with van der Waals surface area (Å²) in [6.45, 7) is 3.54. The van der Waals surface area contributed by atoms with Gasteiger partial charge in [-0.2, -0.15) is 23.3 Å². The highest BCUT2D eigenvalue weighted by molar-refractivity contribution is 6.04. The number of alkyl halides is 3. The Balaban J connectivity index is 1.25. The number of carbonyl (C=O) groups excluding carboxylic acids is 1. The summed E-state index contributed by atoms with van der Waals surface area (Å²) in [7, 11) is 3.77. The Morgan fingerprint density at radius 3 is 2.55 bits per heavy atom. The predicted molar refractivity (Wildman–Crippen MR) is 158 cm³/mol. The summed E-state index contributed by atoms with van der Waals surface area (Å²) < 4.78 is 49.1. The Morgan fingerprint density at radius 2 is 1.80 bits per heavy atom. The van der Waals surface area contributed by atoms with Crippen LogP contribution in [0.5, 0.6) is 11.6 Å². The Hall–Kier alpha value is -4.88. The molecule has 1 N–H and O–H groups in total. The van der Waals surface area contributed by atoms with Crippen LogP contribution >= 0.6 is 0 Å². The number of benzene rings is 2. The lowest BCUT2D eigenvalue weighted by molar-refractivity contribution is -0.137. The highest BCUT2D eigenvalue weighted by Crippen LogP contribution is 2.33. The molecule has 1 aliphatic rings. The Bertz CT molecular complexity index is 1800. The van der Waals surface area contributed by atoms with Crippen LogP contribution in [0.1, 0.15) is 21.5 Å². The van der Waals surface area contributed by atoms with Gasteiger partial charge in [0, 0.05) is 69.0 Å². The molecule has 0 saturated carbocycles. The molecule has 0 spiro atoms. The average Bonchev–Trinajstić information content (AvgIpc) is 3.39. The van der Waals surface area contributed by atoms with Crippen molar-refractivity contribution < 1.29 is 22.7 Å². The van der Waals surface area contributed by atoms with E-state index in [2.05, 4.69) is 35.2 Å². The maximum absolute atomic E-state index is 13.8. The molecule has 10 nitrogen and oxygen atoms in total. The van der Waals surface area contributed by atoms with Gasteiger partial charge in [-0.05, 0) is 61.1 Å². The maximum atomic E-state index is 13.8. The lowest BCUT2D eigenvalue weighted by atomic mass is 10.1. The molecule has 1 fully saturated rings. The smallest absolute Gasteiger partial charge is 0.416 e. The van der Waals surface area contributed by atoms with Gasteiger partial charge in [-0.25, -0.2) is 4.98 Å². The van der Waals surface area contributed by atoms with Crippen molar-refractivity contribution in [1.29, 1.82) is 0 Å². The van der Waals surface area contributed by atoms with Gasteiger partial charge in [-0.3, -0.25) is 19.4 Å². The fourth-order valence-corrected chi connectivity index (χ4v) is 5.00. The van der Waals surface area contributed by atoms with E-state index in [0.717, 1.165) is 38.3 Å². The van der Waals surface area contributed by atoms with E-state index in [1.807, 2.05) is 13.1 Å². The minimum absolute atomic E-state index is 0.0641. The van der Waals surface area contributed by atoms with Crippen LogP contribution in [0.2, 0.25) is 0 Å². The minimum atomic E-state index is -4.56. The first-order valence-electron chi connectivity index (χ1n) is 13.9. The molecule has 226 valence electrons. The van der Waals surface area contributed by atoms with E-state index in [1.165, 1.54) is 6.07 Å². The maximum Gasteiger partial charge on any atom is 0.416 e. The second-order valence-electron chi connectivity index (χ2n) is 10.7. The van der Waals surface area contributed by atoms with Crippen molar-refractivity contribution in [2.75, 3.05) is 38.5 Å². The highest BCUT2D eigenvalue weighted by atomic mass is 19.4. The normalized spacial score (nSPS) is 14.6. The van der Waals surface area contributed by atoms with Crippen molar-refractivity contribution in [3.8, 4) is 23.0 Å². The number of hydrogen-bond acceptors (Lipinski definition) is 8. The number of aromatic nitrogens is 5. The topological polar surface area (TPSA) is 101 Å². The van der Waals surface area contributed by atoms with Gasteiger partial charge in [0.15, 0.2) is 11.5 Å². The van der Waals surface area contributed by atoms with Gasteiger partial charge in [-0.1, -0.05) is 6.07 Å². The SMILES string of the molecule is CN1CCN(Cc2cc(NC(=O)c3cccc(Oc4nc(-c5cccnc5)nc5c4cnn5C)c3)cc(C(F)(F)F)c2)CC1. The number of aryl methyl sites for hydroxylation is 1. The van der Waals surface area contributed by atoms with Crippen molar-refractivity contribution in [3.05, 3.63) is 89.9 Å². The third-order valence-electron chi connectivity index (χ3n) is 7.37. The van der Waals surface area contributed by atoms with Gasteiger partial charge in [0.25, 0.3) is 5.91 Å². The highest BCUT2D eigenvalue weighted by Gasteiger charge is 2.31. The van der Waals surface area contributed by atoms with E-state index in [1.54, 1.807) is 60.7 Å². The molecule has 5 aromatic rings. The minimum Gasteiger partial charge on any atom is -0.438 e. The molecule has 13 heteroatoms. The van der Waals surface area contributed by atoms with Crippen molar-refractivity contribution in [2.24, 2.45) is 7.05 Å². The number of amides is 1. The van der Waals surface area contributed by atoms with Crippen LogP contribution in [0, 0.1) is 0 Å². The van der Waals surface area contributed by atoms with Crippen molar-refractivity contribution in [3.63, 3.8) is 0 Å². The number of halogens is 3. The summed E-state index contributed by atoms with van der Waals surface area (Å²) >= 11 is 0. The molecule has 0 atom stereocenters. The molecule has 2 aromatic carbocycles. The van der Waals surface area contributed by atoms with Gasteiger partial charge in [0.05, 0.1) is 11.8 Å². The summed E-state index contributed by atoms with van der Waals surface area (Å²) in [6.07, 6.45) is 0.307. The quantitative estimate of drug-likeness (QED) is 0.270. The number of ether oxygens (including phenoxy) is 1. The summed E-state index contributed by atoms with van der Waals surface area (Å²) in [6, 6.07) is 13.6. The number of hydrogen-bond donors (Lipinski definition) is 1. The molecule has 4 heterocycles. The van der Waals surface area contributed by atoms with Gasteiger partial charge in [-0.15, -0.1) is 0 Å². The van der Waals surface area contributed by atoms with Crippen molar-refractivity contribution >= 4 is 22.6 Å². The van der Waals surface area contributed by atoms with Crippen molar-refractivity contribution in [1.82, 2.24) is 34.5 Å². The molecule has 0 aliphatic carbocycles. The number of nitrogens with zero attached hydrogens (tertiary/aromatic N) is 7. The van der Waals surface area contributed by atoms with E-state index >= 15 is 0 Å². The van der Waals surface area contributed by atoms with E-state index < -0.39 is 17.6 Å². The molecule has 0 radical (unpaired) electrons. The molecule has 0 unspecified atom stereocenters. The molecule has 44 heavy (non-hydrogen) atoms. The zero-order chi connectivity index (χ0) is 30.8. The molecular weight excluding hydrogens is 573 g/mol. The van der Waals surface area contributed by atoms with Crippen LogP contribution in [0.15, 0.2) is 73.2 Å². The van der Waals surface area contributed by atoms with Crippen LogP contribution in [0.25, 0.3) is 22.4 Å². The first-order chi connectivity index (χ1) is 21.1. The number of nitrogens with one attached hydrogen (secondary N) is 1. The molecule has 1 aliphatic heterocycles. The number of fused-ring (bicyclic) bond motifs is 1. The summed E-state index contributed by atoms with van der Waals surface area (Å²) in [5.41, 5.74) is 1.15. The first kappa shape index (κ1) is 29.2. The van der Waals surface area contributed by atoms with Crippen LogP contribution in [0.4, 0.5) is 18.9 Å². The number of anilines is 1. The molecule has 0 bridgehead atoms. The van der Waals surface area contributed by atoms with E-state index in [9.17, 15) is 18.0 Å². The molecule has 1 amide bonds. The van der Waals surface area contributed by atoms with Crippen LogP contribution < -0.4 is 10.1 Å². The van der Waals surface area contributed by atoms with E-state index in [0.29, 0.717) is 40.3 Å². The number of rotatable bonds is 7. The lowest BCUT2D eigenvalue weighted by Crippen LogP contribution is -2.43. The zero-order valence-electron chi connectivity index (χ0n) is 24.0. The van der Waals surface area contributed by atoms with Gasteiger partial charge >= 0.3 is 6.18 Å². The van der Waals surface area contributed by atoms with E-state index in [-0.39, 0.29) is 17.1 Å². The standard InChI is InChI=1S/C31H29F3N8O2/c1-40-9-11-42(12-10-40)19-20-13-23(31(32,33)34)16-24(14-20)37-29(43)21-5-3-7-25(15-21)44-30-26-18-36-41(2)28(26)38-27(39-30)22-6-4-8-35-17-22/h3-8,13-18H,9-12,19H2,1-2H3,(H,37,43). The number of pyridine rings is 1. The molecular formula is C31H29F3N8O2. The second kappa shape index (κ2) is 12.0. The fourth-order valence-electron chi connectivity index (χ4n) is 5.00. The summed E-state index contributed by atoms with van der Waals surface area (Å²) in [5.74, 6) is 0.338. The Morgan fingerprint density at radius 1 is 0.977 bits per heavy atom. The monoisotopic (exact) mass is 602 g/mol. The van der Waals surface area contributed by atoms with Gasteiger partial charge in [0.1, 0.15) is 11.1 Å². The average molecular weight is 603 g/mol. The number of piperazine rings is 1. The Labute approximate surface area is 251 Å². The number of carbonyl (C=O) groups is 1. The summed E-state index contributed by atoms with van der Waals surface area (Å²) in [5, 5.41) is 7.47. The van der Waals surface area contributed by atoms with E-state index in [4.69, 9.17) is 4.74 Å². The van der Waals surface area contributed by atoms with Crippen molar-refractivity contribution in [2.45, 2.75) is 12.7 Å².